The fourth-order valence-corrected chi connectivity index (χ4v) is 2.95. The Kier molecular flexibility index (Phi) is 6.54. The second-order valence-corrected chi connectivity index (χ2v) is 6.38. The smallest absolute Gasteiger partial charge is 0.274 e. The molecule has 3 rings (SSSR count). The van der Waals surface area contributed by atoms with E-state index < -0.39 is 6.10 Å². The van der Waals surface area contributed by atoms with Crippen LogP contribution in [0.1, 0.15) is 29.5 Å². The van der Waals surface area contributed by atoms with Crippen molar-refractivity contribution in [2.75, 3.05) is 26.2 Å². The second-order valence-electron chi connectivity index (χ2n) is 6.38. The summed E-state index contributed by atoms with van der Waals surface area (Å²) in [6, 6.07) is 7.50. The minimum atomic E-state index is -0.647. The Balaban J connectivity index is 1.45. The van der Waals surface area contributed by atoms with Gasteiger partial charge in [0.1, 0.15) is 5.69 Å². The molecule has 8 heteroatoms. The maximum atomic E-state index is 12.6. The molecule has 3 heterocycles. The predicted octanol–water partition coefficient (Wildman–Crippen LogP) is 0.888. The van der Waals surface area contributed by atoms with Gasteiger partial charge in [-0.05, 0) is 38.0 Å². The third-order valence-electron chi connectivity index (χ3n) is 4.46. The first-order valence-corrected chi connectivity index (χ1v) is 9.29. The van der Waals surface area contributed by atoms with Crippen LogP contribution in [0.15, 0.2) is 36.7 Å². The quantitative estimate of drug-likeness (QED) is 0.730. The Morgan fingerprint density at radius 2 is 2.22 bits per heavy atom. The van der Waals surface area contributed by atoms with E-state index >= 15 is 0 Å². The first-order valence-electron chi connectivity index (χ1n) is 9.29. The third kappa shape index (κ3) is 5.13. The van der Waals surface area contributed by atoms with Crippen molar-refractivity contribution in [3.8, 4) is 0 Å². The average Bonchev–Trinajstić information content (AvgIpc) is 3.20. The average molecular weight is 371 g/mol. The molecule has 1 saturated heterocycles. The highest BCUT2D eigenvalue weighted by Gasteiger charge is 2.30. The highest BCUT2D eigenvalue weighted by Crippen LogP contribution is 2.10. The summed E-state index contributed by atoms with van der Waals surface area (Å²) in [7, 11) is 0. The summed E-state index contributed by atoms with van der Waals surface area (Å²) in [6.45, 7) is 4.26. The van der Waals surface area contributed by atoms with Gasteiger partial charge in [0.05, 0.1) is 13.2 Å². The van der Waals surface area contributed by atoms with Gasteiger partial charge < -0.3 is 15.0 Å². The van der Waals surface area contributed by atoms with E-state index in [-0.39, 0.29) is 18.4 Å². The highest BCUT2D eigenvalue weighted by molar-refractivity contribution is 5.93. The fourth-order valence-electron chi connectivity index (χ4n) is 2.95. The summed E-state index contributed by atoms with van der Waals surface area (Å²) < 4.78 is 7.26. The Hall–Kier alpha value is -2.74. The van der Waals surface area contributed by atoms with Gasteiger partial charge in [-0.3, -0.25) is 19.3 Å². The van der Waals surface area contributed by atoms with Crippen molar-refractivity contribution in [2.45, 2.75) is 32.4 Å². The van der Waals surface area contributed by atoms with Crippen molar-refractivity contribution in [2.24, 2.45) is 0 Å². The number of nitrogens with zero attached hydrogens (tertiary/aromatic N) is 4. The number of carbonyl (C=O) groups excluding carboxylic acids is 2. The zero-order valence-electron chi connectivity index (χ0n) is 15.5. The van der Waals surface area contributed by atoms with Gasteiger partial charge in [0.15, 0.2) is 6.10 Å². The van der Waals surface area contributed by atoms with Crippen molar-refractivity contribution in [3.63, 3.8) is 0 Å². The fraction of sp³-hybridized carbons (Fsp3) is 0.474. The van der Waals surface area contributed by atoms with Crippen LogP contribution in [0, 0.1) is 0 Å². The van der Waals surface area contributed by atoms with Crippen molar-refractivity contribution in [1.82, 2.24) is 25.0 Å². The van der Waals surface area contributed by atoms with E-state index in [1.54, 1.807) is 28.0 Å². The first-order chi connectivity index (χ1) is 13.2. The number of ether oxygens (including phenoxy) is 1. The van der Waals surface area contributed by atoms with Crippen LogP contribution in [0.4, 0.5) is 0 Å². The number of hydrogen-bond acceptors (Lipinski definition) is 5. The molecule has 1 N–H and O–H groups in total. The molecule has 2 aromatic heterocycles. The van der Waals surface area contributed by atoms with Gasteiger partial charge in [-0.2, -0.15) is 5.10 Å². The number of aryl methyl sites for hydroxylation is 2. The van der Waals surface area contributed by atoms with Crippen LogP contribution in [0.25, 0.3) is 0 Å². The maximum Gasteiger partial charge on any atom is 0.274 e. The van der Waals surface area contributed by atoms with Crippen LogP contribution in [0.2, 0.25) is 0 Å². The van der Waals surface area contributed by atoms with E-state index in [9.17, 15) is 9.59 Å². The normalized spacial score (nSPS) is 16.9. The molecular formula is C19H25N5O3. The lowest BCUT2D eigenvalue weighted by Crippen LogP contribution is -2.51. The monoisotopic (exact) mass is 371 g/mol. The van der Waals surface area contributed by atoms with E-state index in [1.165, 1.54) is 0 Å². The summed E-state index contributed by atoms with van der Waals surface area (Å²) in [4.78, 5) is 30.8. The lowest BCUT2D eigenvalue weighted by Gasteiger charge is -2.31. The largest absolute Gasteiger partial charge is 0.365 e. The minimum absolute atomic E-state index is 0.168. The SMILES string of the molecule is CCn1ccc(C(=O)N2CCOC(C(=O)NCCCc3ccccn3)C2)n1. The molecular weight excluding hydrogens is 346 g/mol. The van der Waals surface area contributed by atoms with E-state index in [1.807, 2.05) is 25.1 Å². The number of aromatic nitrogens is 3. The van der Waals surface area contributed by atoms with E-state index in [2.05, 4.69) is 15.4 Å². The number of pyridine rings is 1. The van der Waals surface area contributed by atoms with Gasteiger partial charge in [-0.25, -0.2) is 0 Å². The summed E-state index contributed by atoms with van der Waals surface area (Å²) in [6.07, 6.45) is 4.49. The summed E-state index contributed by atoms with van der Waals surface area (Å²) in [5.41, 5.74) is 1.40. The van der Waals surface area contributed by atoms with Gasteiger partial charge in [-0.15, -0.1) is 0 Å². The van der Waals surface area contributed by atoms with Crippen molar-refractivity contribution in [1.29, 1.82) is 0 Å². The lowest BCUT2D eigenvalue weighted by molar-refractivity contribution is -0.137. The summed E-state index contributed by atoms with van der Waals surface area (Å²) >= 11 is 0. The molecule has 0 saturated carbocycles. The number of amides is 2. The lowest BCUT2D eigenvalue weighted by atomic mass is 10.2. The molecule has 1 atom stereocenters. The number of rotatable bonds is 7. The molecule has 1 aliphatic heterocycles. The van der Waals surface area contributed by atoms with Crippen molar-refractivity contribution >= 4 is 11.8 Å². The third-order valence-corrected chi connectivity index (χ3v) is 4.46. The van der Waals surface area contributed by atoms with Crippen LogP contribution in [0.5, 0.6) is 0 Å². The maximum absolute atomic E-state index is 12.6. The number of hydrogen-bond donors (Lipinski definition) is 1. The second kappa shape index (κ2) is 9.27. The topological polar surface area (TPSA) is 89.4 Å². The molecule has 1 fully saturated rings. The molecule has 0 bridgehead atoms. The Morgan fingerprint density at radius 1 is 1.33 bits per heavy atom. The molecule has 0 spiro atoms. The molecule has 0 aromatic carbocycles. The molecule has 0 radical (unpaired) electrons. The summed E-state index contributed by atoms with van der Waals surface area (Å²) in [5, 5.41) is 7.13. The zero-order valence-corrected chi connectivity index (χ0v) is 15.5. The van der Waals surface area contributed by atoms with Gasteiger partial charge in [-0.1, -0.05) is 6.07 Å². The predicted molar refractivity (Wildman–Crippen MR) is 99.1 cm³/mol. The van der Waals surface area contributed by atoms with E-state index in [0.29, 0.717) is 31.9 Å². The van der Waals surface area contributed by atoms with Crippen LogP contribution in [-0.4, -0.2) is 63.8 Å². The molecule has 8 nitrogen and oxygen atoms in total. The molecule has 1 aliphatic rings. The van der Waals surface area contributed by atoms with Crippen LogP contribution >= 0.6 is 0 Å². The van der Waals surface area contributed by atoms with Crippen molar-refractivity contribution in [3.05, 3.63) is 48.0 Å². The minimum Gasteiger partial charge on any atom is -0.365 e. The number of morpholine rings is 1. The van der Waals surface area contributed by atoms with Crippen LogP contribution in [-0.2, 0) is 22.5 Å². The van der Waals surface area contributed by atoms with Crippen molar-refractivity contribution < 1.29 is 14.3 Å². The molecule has 2 aromatic rings. The van der Waals surface area contributed by atoms with E-state index in [0.717, 1.165) is 18.5 Å². The van der Waals surface area contributed by atoms with Gasteiger partial charge in [0.25, 0.3) is 11.8 Å². The molecule has 144 valence electrons. The van der Waals surface area contributed by atoms with Crippen LogP contribution < -0.4 is 5.32 Å². The van der Waals surface area contributed by atoms with Gasteiger partial charge >= 0.3 is 0 Å². The first kappa shape index (κ1) is 19.0. The Morgan fingerprint density at radius 3 is 2.96 bits per heavy atom. The molecule has 0 aliphatic carbocycles. The Labute approximate surface area is 158 Å². The molecule has 1 unspecified atom stereocenters. The standard InChI is InChI=1S/C19H25N5O3/c1-2-24-11-8-16(22-24)19(26)23-12-13-27-17(14-23)18(25)21-10-5-7-15-6-3-4-9-20-15/h3-4,6,8-9,11,17H,2,5,7,10,12-14H2,1H3,(H,21,25). The number of nitrogens with one attached hydrogen (secondary N) is 1. The zero-order chi connectivity index (χ0) is 19.1. The van der Waals surface area contributed by atoms with Crippen LogP contribution in [0.3, 0.4) is 0 Å². The molecule has 2 amide bonds. The summed E-state index contributed by atoms with van der Waals surface area (Å²) in [5.74, 6) is -0.355. The number of carbonyl (C=O) groups is 2. The Bertz CT molecular complexity index is 762. The van der Waals surface area contributed by atoms with Gasteiger partial charge in [0, 0.05) is 37.7 Å². The molecule has 27 heavy (non-hydrogen) atoms. The highest BCUT2D eigenvalue weighted by atomic mass is 16.5. The van der Waals surface area contributed by atoms with E-state index in [4.69, 9.17) is 4.74 Å². The van der Waals surface area contributed by atoms with Gasteiger partial charge in [0.2, 0.25) is 0 Å².